The van der Waals surface area contributed by atoms with Gasteiger partial charge in [-0.2, -0.15) is 0 Å². The maximum Gasteiger partial charge on any atom is 0.261 e. The second-order valence-corrected chi connectivity index (χ2v) is 6.52. The largest absolute Gasteiger partial charge is 0.383 e. The molecular formula is C17H17FN2O3S. The second-order valence-electron chi connectivity index (χ2n) is 5.38. The van der Waals surface area contributed by atoms with Gasteiger partial charge in [-0.05, 0) is 30.3 Å². The van der Waals surface area contributed by atoms with E-state index in [1.165, 1.54) is 35.6 Å². The maximum absolute atomic E-state index is 13.0. The highest BCUT2D eigenvalue weighted by Crippen LogP contribution is 2.36. The number of methoxy groups -OCH3 is 1. The minimum absolute atomic E-state index is 0.166. The molecule has 3 rings (SSSR count). The molecule has 126 valence electrons. The number of carbonyl (C=O) groups is 2. The van der Waals surface area contributed by atoms with E-state index in [4.69, 9.17) is 4.74 Å². The molecule has 7 heteroatoms. The van der Waals surface area contributed by atoms with Crippen molar-refractivity contribution in [2.24, 2.45) is 0 Å². The molecule has 0 atom stereocenters. The second kappa shape index (κ2) is 7.11. The molecule has 2 heterocycles. The van der Waals surface area contributed by atoms with Gasteiger partial charge >= 0.3 is 0 Å². The highest BCUT2D eigenvalue weighted by Gasteiger charge is 2.29. The van der Waals surface area contributed by atoms with Crippen LogP contribution in [0, 0.1) is 5.82 Å². The summed E-state index contributed by atoms with van der Waals surface area (Å²) in [6.45, 7) is 1.46. The summed E-state index contributed by atoms with van der Waals surface area (Å²) in [5.74, 6) is -0.724. The van der Waals surface area contributed by atoms with Crippen molar-refractivity contribution in [1.29, 1.82) is 0 Å². The van der Waals surface area contributed by atoms with E-state index < -0.39 is 0 Å². The van der Waals surface area contributed by atoms with Gasteiger partial charge in [0.2, 0.25) is 0 Å². The lowest BCUT2D eigenvalue weighted by Gasteiger charge is -2.16. The lowest BCUT2D eigenvalue weighted by Crippen LogP contribution is -2.29. The smallest absolute Gasteiger partial charge is 0.261 e. The number of rotatable bonds is 5. The van der Waals surface area contributed by atoms with E-state index in [1.54, 1.807) is 18.1 Å². The summed E-state index contributed by atoms with van der Waals surface area (Å²) >= 11 is 1.40. The molecule has 0 saturated heterocycles. The average Bonchev–Trinajstić information content (AvgIpc) is 3.15. The molecule has 0 unspecified atom stereocenters. The molecule has 0 bridgehead atoms. The van der Waals surface area contributed by atoms with Crippen molar-refractivity contribution >= 4 is 28.8 Å². The predicted octanol–water partition coefficient (Wildman–Crippen LogP) is 2.47. The Kier molecular flexibility index (Phi) is 4.92. The van der Waals surface area contributed by atoms with Crippen LogP contribution in [0.2, 0.25) is 0 Å². The summed E-state index contributed by atoms with van der Waals surface area (Å²) in [5.41, 5.74) is 1.20. The first-order chi connectivity index (χ1) is 11.6. The van der Waals surface area contributed by atoms with Crippen molar-refractivity contribution in [1.82, 2.24) is 5.32 Å². The zero-order valence-corrected chi connectivity index (χ0v) is 14.0. The fourth-order valence-electron chi connectivity index (χ4n) is 2.59. The predicted molar refractivity (Wildman–Crippen MR) is 90.3 cm³/mol. The summed E-state index contributed by atoms with van der Waals surface area (Å²) in [7, 11) is 1.57. The van der Waals surface area contributed by atoms with Crippen molar-refractivity contribution in [3.8, 4) is 0 Å². The van der Waals surface area contributed by atoms with Gasteiger partial charge < -0.3 is 15.0 Å². The molecule has 2 aromatic rings. The monoisotopic (exact) mass is 348 g/mol. The van der Waals surface area contributed by atoms with Crippen molar-refractivity contribution in [3.63, 3.8) is 0 Å². The number of nitrogens with one attached hydrogen (secondary N) is 1. The minimum atomic E-state index is -0.376. The summed E-state index contributed by atoms with van der Waals surface area (Å²) in [6.07, 6.45) is 0.721. The Morgan fingerprint density at radius 1 is 1.33 bits per heavy atom. The van der Waals surface area contributed by atoms with Gasteiger partial charge in [0.1, 0.15) is 5.82 Å². The Morgan fingerprint density at radius 2 is 2.08 bits per heavy atom. The highest BCUT2D eigenvalue weighted by molar-refractivity contribution is 7.14. The van der Waals surface area contributed by atoms with Crippen LogP contribution >= 0.6 is 11.3 Å². The Balaban J connectivity index is 1.75. The molecule has 1 aliphatic rings. The number of carbonyl (C=O) groups excluding carboxylic acids is 2. The summed E-state index contributed by atoms with van der Waals surface area (Å²) in [6, 6.07) is 7.23. The van der Waals surface area contributed by atoms with Gasteiger partial charge in [-0.15, -0.1) is 11.3 Å². The van der Waals surface area contributed by atoms with Crippen LogP contribution in [-0.2, 0) is 11.2 Å². The molecule has 0 aliphatic carbocycles. The van der Waals surface area contributed by atoms with E-state index in [0.29, 0.717) is 30.1 Å². The van der Waals surface area contributed by atoms with Gasteiger partial charge in [0.25, 0.3) is 11.8 Å². The Hall–Kier alpha value is -2.25. The van der Waals surface area contributed by atoms with Gasteiger partial charge in [-0.3, -0.25) is 9.59 Å². The number of ether oxygens (including phenoxy) is 1. The van der Waals surface area contributed by atoms with Crippen LogP contribution in [0.4, 0.5) is 10.1 Å². The topological polar surface area (TPSA) is 58.6 Å². The molecule has 2 amide bonds. The van der Waals surface area contributed by atoms with Crippen molar-refractivity contribution in [3.05, 3.63) is 51.5 Å². The van der Waals surface area contributed by atoms with E-state index in [9.17, 15) is 14.0 Å². The molecule has 0 saturated carbocycles. The molecule has 24 heavy (non-hydrogen) atoms. The number of thiophene rings is 1. The molecular weight excluding hydrogens is 331 g/mol. The Morgan fingerprint density at radius 3 is 2.79 bits per heavy atom. The molecule has 5 nitrogen and oxygen atoms in total. The van der Waals surface area contributed by atoms with Crippen LogP contribution in [0.5, 0.6) is 0 Å². The Labute approximate surface area is 143 Å². The average molecular weight is 348 g/mol. The normalized spacial score (nSPS) is 13.0. The molecule has 1 aliphatic heterocycles. The number of nitrogens with zero attached hydrogens (tertiary/aromatic N) is 1. The van der Waals surface area contributed by atoms with E-state index >= 15 is 0 Å². The zero-order chi connectivity index (χ0) is 17.1. The van der Waals surface area contributed by atoms with E-state index in [1.807, 2.05) is 0 Å². The molecule has 0 radical (unpaired) electrons. The molecule has 1 N–H and O–H groups in total. The lowest BCUT2D eigenvalue weighted by atomic mass is 10.2. The SMILES string of the molecule is COCCNC(=O)c1cc2c(s1)CCN2C(=O)c1ccc(F)cc1. The third kappa shape index (κ3) is 3.32. The van der Waals surface area contributed by atoms with E-state index in [0.717, 1.165) is 17.0 Å². The first-order valence-corrected chi connectivity index (χ1v) is 8.39. The highest BCUT2D eigenvalue weighted by atomic mass is 32.1. The quantitative estimate of drug-likeness (QED) is 0.845. The van der Waals surface area contributed by atoms with Crippen LogP contribution in [0.25, 0.3) is 0 Å². The number of hydrogen-bond acceptors (Lipinski definition) is 4. The molecule has 1 aromatic carbocycles. The fourth-order valence-corrected chi connectivity index (χ4v) is 3.65. The minimum Gasteiger partial charge on any atom is -0.383 e. The number of anilines is 1. The van der Waals surface area contributed by atoms with Gasteiger partial charge in [0.15, 0.2) is 0 Å². The number of amides is 2. The maximum atomic E-state index is 13.0. The zero-order valence-electron chi connectivity index (χ0n) is 13.2. The van der Waals surface area contributed by atoms with Crippen LogP contribution < -0.4 is 10.2 Å². The van der Waals surface area contributed by atoms with Gasteiger partial charge in [-0.25, -0.2) is 4.39 Å². The van der Waals surface area contributed by atoms with E-state index in [2.05, 4.69) is 5.32 Å². The lowest BCUT2D eigenvalue weighted by molar-refractivity contribution is 0.0939. The molecule has 0 fully saturated rings. The van der Waals surface area contributed by atoms with Crippen LogP contribution in [0.3, 0.4) is 0 Å². The van der Waals surface area contributed by atoms with Crippen LogP contribution in [0.1, 0.15) is 24.9 Å². The Bertz CT molecular complexity index is 758. The first kappa shape index (κ1) is 16.6. The fraction of sp³-hybridized carbons (Fsp3) is 0.294. The van der Waals surface area contributed by atoms with Crippen molar-refractivity contribution < 1.29 is 18.7 Å². The van der Waals surface area contributed by atoms with Crippen molar-refractivity contribution in [2.75, 3.05) is 31.7 Å². The third-order valence-corrected chi connectivity index (χ3v) is 4.97. The number of fused-ring (bicyclic) bond motifs is 1. The number of hydrogen-bond donors (Lipinski definition) is 1. The number of benzene rings is 1. The van der Waals surface area contributed by atoms with E-state index in [-0.39, 0.29) is 17.6 Å². The van der Waals surface area contributed by atoms with Crippen LogP contribution in [0.15, 0.2) is 30.3 Å². The van der Waals surface area contributed by atoms with Crippen molar-refractivity contribution in [2.45, 2.75) is 6.42 Å². The van der Waals surface area contributed by atoms with Crippen LogP contribution in [-0.4, -0.2) is 38.6 Å². The third-order valence-electron chi connectivity index (χ3n) is 3.79. The standard InChI is InChI=1S/C17H17FN2O3S/c1-23-9-7-19-16(21)15-10-13-14(24-15)6-8-20(13)17(22)11-2-4-12(18)5-3-11/h2-5,10H,6-9H2,1H3,(H,19,21). The van der Waals surface area contributed by atoms with Gasteiger partial charge in [0, 0.05) is 37.1 Å². The first-order valence-electron chi connectivity index (χ1n) is 7.57. The molecule has 1 aromatic heterocycles. The van der Waals surface area contributed by atoms with Gasteiger partial charge in [-0.1, -0.05) is 0 Å². The van der Waals surface area contributed by atoms with Gasteiger partial charge in [0.05, 0.1) is 17.2 Å². The number of halogens is 1. The summed E-state index contributed by atoms with van der Waals surface area (Å²) < 4.78 is 17.9. The summed E-state index contributed by atoms with van der Waals surface area (Å²) in [4.78, 5) is 27.9. The molecule has 0 spiro atoms. The summed E-state index contributed by atoms with van der Waals surface area (Å²) in [5, 5.41) is 2.77.